The minimum atomic E-state index is -3.15. The lowest BCUT2D eigenvalue weighted by atomic mass is 10.2. The second-order valence-corrected chi connectivity index (χ2v) is 5.65. The fourth-order valence-corrected chi connectivity index (χ4v) is 1.66. The lowest BCUT2D eigenvalue weighted by molar-refractivity contribution is 0.332. The molecule has 0 aromatic heterocycles. The molecule has 1 aromatic carbocycles. The van der Waals surface area contributed by atoms with Gasteiger partial charge in [0.1, 0.15) is 5.75 Å². The molecule has 0 N–H and O–H groups in total. The van der Waals surface area contributed by atoms with Gasteiger partial charge < -0.3 is 4.74 Å². The van der Waals surface area contributed by atoms with Gasteiger partial charge in [-0.3, -0.25) is 0 Å². The van der Waals surface area contributed by atoms with Gasteiger partial charge in [0.2, 0.25) is 10.0 Å². The lowest BCUT2D eigenvalue weighted by Gasteiger charge is -2.16. The number of rotatable bonds is 5. The van der Waals surface area contributed by atoms with E-state index in [-0.39, 0.29) is 0 Å². The minimum Gasteiger partial charge on any atom is -0.494 e. The molecule has 0 unspecified atom stereocenters. The maximum atomic E-state index is 11.3. The summed E-state index contributed by atoms with van der Waals surface area (Å²) in [6, 6.07) is 7.45. The minimum absolute atomic E-state index is 0.328. The van der Waals surface area contributed by atoms with E-state index in [0.717, 1.165) is 11.3 Å². The van der Waals surface area contributed by atoms with Crippen LogP contribution in [-0.2, 0) is 16.6 Å². The molecule has 0 fully saturated rings. The molecule has 1 rings (SSSR count). The van der Waals surface area contributed by atoms with Crippen molar-refractivity contribution >= 4 is 10.0 Å². The fraction of sp³-hybridized carbons (Fsp3) is 0.455. The molecule has 5 heteroatoms. The van der Waals surface area contributed by atoms with Crippen molar-refractivity contribution < 1.29 is 13.2 Å². The monoisotopic (exact) mass is 243 g/mol. The van der Waals surface area contributed by atoms with E-state index in [1.807, 2.05) is 31.2 Å². The molecule has 0 aliphatic rings. The molecule has 0 atom stereocenters. The van der Waals surface area contributed by atoms with Crippen molar-refractivity contribution in [3.63, 3.8) is 0 Å². The van der Waals surface area contributed by atoms with Crippen LogP contribution >= 0.6 is 0 Å². The van der Waals surface area contributed by atoms with Crippen molar-refractivity contribution in [1.82, 2.24) is 4.31 Å². The molecular formula is C11H17NO3S. The van der Waals surface area contributed by atoms with Crippen LogP contribution in [0.5, 0.6) is 5.75 Å². The van der Waals surface area contributed by atoms with Gasteiger partial charge in [0.05, 0.1) is 12.9 Å². The van der Waals surface area contributed by atoms with Gasteiger partial charge in [0.25, 0.3) is 0 Å². The van der Waals surface area contributed by atoms with Crippen LogP contribution in [0.2, 0.25) is 0 Å². The van der Waals surface area contributed by atoms with Gasteiger partial charge in [0, 0.05) is 19.2 Å². The zero-order valence-electron chi connectivity index (χ0n) is 9.80. The summed E-state index contributed by atoms with van der Waals surface area (Å²) in [5.41, 5.74) is 0.872. The molecule has 0 aliphatic heterocycles. The molecule has 0 radical (unpaired) electrons. The molecule has 1 aromatic rings. The van der Waals surface area contributed by atoms with Gasteiger partial charge in [0.15, 0.2) is 0 Å². The van der Waals surface area contributed by atoms with Crippen LogP contribution in [0.3, 0.4) is 0 Å². The SMILES string of the molecule is CCOc1ccccc1CN(C)S(C)(=O)=O. The summed E-state index contributed by atoms with van der Waals surface area (Å²) in [5, 5.41) is 0. The van der Waals surface area contributed by atoms with E-state index in [1.165, 1.54) is 10.6 Å². The Labute approximate surface area is 96.9 Å². The number of hydrogen-bond acceptors (Lipinski definition) is 3. The van der Waals surface area contributed by atoms with E-state index in [0.29, 0.717) is 13.2 Å². The van der Waals surface area contributed by atoms with Gasteiger partial charge in [-0.1, -0.05) is 18.2 Å². The predicted octanol–water partition coefficient (Wildman–Crippen LogP) is 1.48. The third-order valence-electron chi connectivity index (χ3n) is 2.23. The zero-order chi connectivity index (χ0) is 12.2. The Balaban J connectivity index is 2.88. The van der Waals surface area contributed by atoms with E-state index in [2.05, 4.69) is 0 Å². The molecule has 0 amide bonds. The molecule has 0 spiro atoms. The van der Waals surface area contributed by atoms with Gasteiger partial charge in [-0.15, -0.1) is 0 Å². The highest BCUT2D eigenvalue weighted by Crippen LogP contribution is 2.20. The van der Waals surface area contributed by atoms with E-state index in [1.54, 1.807) is 7.05 Å². The number of ether oxygens (including phenoxy) is 1. The Morgan fingerprint density at radius 2 is 1.94 bits per heavy atom. The van der Waals surface area contributed by atoms with Crippen molar-refractivity contribution in [2.24, 2.45) is 0 Å². The molecule has 0 heterocycles. The van der Waals surface area contributed by atoms with Crippen molar-refractivity contribution in [1.29, 1.82) is 0 Å². The van der Waals surface area contributed by atoms with Crippen LogP contribution in [0.1, 0.15) is 12.5 Å². The summed E-state index contributed by atoms with van der Waals surface area (Å²) in [4.78, 5) is 0. The summed E-state index contributed by atoms with van der Waals surface area (Å²) in [5.74, 6) is 0.737. The summed E-state index contributed by atoms with van der Waals surface area (Å²) in [6.07, 6.45) is 1.19. The molecular weight excluding hydrogens is 226 g/mol. The molecule has 0 saturated heterocycles. The van der Waals surface area contributed by atoms with E-state index >= 15 is 0 Å². The standard InChI is InChI=1S/C11H17NO3S/c1-4-15-11-8-6-5-7-10(11)9-12(2)16(3,13)14/h5-8H,4,9H2,1-3H3. The molecule has 4 nitrogen and oxygen atoms in total. The molecule has 0 bridgehead atoms. The second kappa shape index (κ2) is 5.32. The lowest BCUT2D eigenvalue weighted by Crippen LogP contribution is -2.25. The Morgan fingerprint density at radius 1 is 1.31 bits per heavy atom. The average Bonchev–Trinajstić information content (AvgIpc) is 2.20. The van der Waals surface area contributed by atoms with Gasteiger partial charge in [-0.05, 0) is 13.0 Å². The third-order valence-corrected chi connectivity index (χ3v) is 3.49. The number of nitrogens with zero attached hydrogens (tertiary/aromatic N) is 1. The summed E-state index contributed by atoms with van der Waals surface area (Å²) in [7, 11) is -1.60. The first-order chi connectivity index (χ1) is 7.45. The number of hydrogen-bond donors (Lipinski definition) is 0. The number of para-hydroxylation sites is 1. The average molecular weight is 243 g/mol. The van der Waals surface area contributed by atoms with E-state index < -0.39 is 10.0 Å². The van der Waals surface area contributed by atoms with Crippen LogP contribution in [0.15, 0.2) is 24.3 Å². The zero-order valence-corrected chi connectivity index (χ0v) is 10.6. The van der Waals surface area contributed by atoms with E-state index in [4.69, 9.17) is 4.74 Å². The van der Waals surface area contributed by atoms with Crippen molar-refractivity contribution in [3.05, 3.63) is 29.8 Å². The topological polar surface area (TPSA) is 46.6 Å². The maximum Gasteiger partial charge on any atom is 0.211 e. The van der Waals surface area contributed by atoms with Crippen LogP contribution < -0.4 is 4.74 Å². The van der Waals surface area contributed by atoms with Crippen LogP contribution in [0.25, 0.3) is 0 Å². The quantitative estimate of drug-likeness (QED) is 0.787. The maximum absolute atomic E-state index is 11.3. The van der Waals surface area contributed by atoms with Crippen LogP contribution in [0, 0.1) is 0 Å². The molecule has 90 valence electrons. The number of sulfonamides is 1. The highest BCUT2D eigenvalue weighted by Gasteiger charge is 2.13. The van der Waals surface area contributed by atoms with Gasteiger partial charge >= 0.3 is 0 Å². The van der Waals surface area contributed by atoms with Gasteiger partial charge in [-0.25, -0.2) is 12.7 Å². The highest BCUT2D eigenvalue weighted by atomic mass is 32.2. The third kappa shape index (κ3) is 3.50. The first-order valence-electron chi connectivity index (χ1n) is 5.07. The van der Waals surface area contributed by atoms with Crippen molar-refractivity contribution in [3.8, 4) is 5.75 Å². The Hall–Kier alpha value is -1.07. The Bertz CT molecular complexity index is 442. The predicted molar refractivity (Wildman–Crippen MR) is 63.9 cm³/mol. The highest BCUT2D eigenvalue weighted by molar-refractivity contribution is 7.88. The molecule has 16 heavy (non-hydrogen) atoms. The van der Waals surface area contributed by atoms with Crippen LogP contribution in [-0.4, -0.2) is 32.6 Å². The first-order valence-corrected chi connectivity index (χ1v) is 6.92. The van der Waals surface area contributed by atoms with Crippen molar-refractivity contribution in [2.45, 2.75) is 13.5 Å². The van der Waals surface area contributed by atoms with Crippen LogP contribution in [0.4, 0.5) is 0 Å². The Morgan fingerprint density at radius 3 is 2.50 bits per heavy atom. The normalized spacial score (nSPS) is 11.8. The summed E-state index contributed by atoms with van der Waals surface area (Å²) < 4.78 is 29.3. The summed E-state index contributed by atoms with van der Waals surface area (Å²) in [6.45, 7) is 2.80. The largest absolute Gasteiger partial charge is 0.494 e. The molecule has 0 saturated carbocycles. The van der Waals surface area contributed by atoms with Gasteiger partial charge in [-0.2, -0.15) is 0 Å². The smallest absolute Gasteiger partial charge is 0.211 e. The summed E-state index contributed by atoms with van der Waals surface area (Å²) >= 11 is 0. The number of benzene rings is 1. The van der Waals surface area contributed by atoms with E-state index in [9.17, 15) is 8.42 Å². The Kier molecular flexibility index (Phi) is 4.32. The first kappa shape index (κ1) is 13.0. The molecule has 0 aliphatic carbocycles. The van der Waals surface area contributed by atoms with Crippen molar-refractivity contribution in [2.75, 3.05) is 19.9 Å². The fourth-order valence-electron chi connectivity index (χ4n) is 1.29. The second-order valence-electron chi connectivity index (χ2n) is 3.56.